The lowest BCUT2D eigenvalue weighted by Crippen LogP contribution is -2.43. The Morgan fingerprint density at radius 3 is 2.81 bits per heavy atom. The molecule has 0 aromatic carbocycles. The molecule has 2 amide bonds. The Labute approximate surface area is 127 Å². The SMILES string of the molecule is C[C@H]1CCCCN1CCNC(=O)[C@H]1CC(=O)N(C2CC2)C1. The Kier molecular flexibility index (Phi) is 4.48. The van der Waals surface area contributed by atoms with Gasteiger partial charge in [0.2, 0.25) is 11.8 Å². The quantitative estimate of drug-likeness (QED) is 0.822. The highest BCUT2D eigenvalue weighted by Crippen LogP contribution is 2.32. The summed E-state index contributed by atoms with van der Waals surface area (Å²) in [5.41, 5.74) is 0. The van der Waals surface area contributed by atoms with E-state index in [0.29, 0.717) is 31.6 Å². The van der Waals surface area contributed by atoms with Crippen molar-refractivity contribution in [2.75, 3.05) is 26.2 Å². The molecule has 3 fully saturated rings. The van der Waals surface area contributed by atoms with E-state index in [4.69, 9.17) is 0 Å². The Hall–Kier alpha value is -1.10. The average molecular weight is 293 g/mol. The summed E-state index contributed by atoms with van der Waals surface area (Å²) in [6.07, 6.45) is 6.50. The Morgan fingerprint density at radius 2 is 2.10 bits per heavy atom. The molecule has 2 heterocycles. The van der Waals surface area contributed by atoms with Gasteiger partial charge in [0.05, 0.1) is 5.92 Å². The number of carbonyl (C=O) groups is 2. The van der Waals surface area contributed by atoms with Crippen molar-refractivity contribution in [2.45, 2.75) is 57.5 Å². The van der Waals surface area contributed by atoms with Crippen LogP contribution in [0.25, 0.3) is 0 Å². The molecule has 1 saturated carbocycles. The van der Waals surface area contributed by atoms with Crippen LogP contribution in [0, 0.1) is 5.92 Å². The molecule has 3 aliphatic rings. The van der Waals surface area contributed by atoms with Gasteiger partial charge in [-0.25, -0.2) is 0 Å². The van der Waals surface area contributed by atoms with E-state index in [0.717, 1.165) is 25.9 Å². The van der Waals surface area contributed by atoms with Crippen LogP contribution in [0.1, 0.15) is 45.4 Å². The van der Waals surface area contributed by atoms with Gasteiger partial charge < -0.3 is 10.2 Å². The second-order valence-electron chi connectivity index (χ2n) is 6.85. The third-order valence-electron chi connectivity index (χ3n) is 5.16. The highest BCUT2D eigenvalue weighted by Gasteiger charge is 2.41. The van der Waals surface area contributed by atoms with Crippen LogP contribution in [0.5, 0.6) is 0 Å². The first-order valence-corrected chi connectivity index (χ1v) is 8.46. The van der Waals surface area contributed by atoms with E-state index >= 15 is 0 Å². The second-order valence-corrected chi connectivity index (χ2v) is 6.85. The molecule has 2 saturated heterocycles. The highest BCUT2D eigenvalue weighted by molar-refractivity contribution is 5.89. The zero-order valence-corrected chi connectivity index (χ0v) is 13.0. The Balaban J connectivity index is 1.39. The molecule has 3 rings (SSSR count). The first kappa shape index (κ1) is 14.8. The topological polar surface area (TPSA) is 52.7 Å². The zero-order chi connectivity index (χ0) is 14.8. The van der Waals surface area contributed by atoms with Crippen molar-refractivity contribution >= 4 is 11.8 Å². The first-order valence-electron chi connectivity index (χ1n) is 8.46. The summed E-state index contributed by atoms with van der Waals surface area (Å²) in [6.45, 7) is 5.69. The van der Waals surface area contributed by atoms with Crippen LogP contribution < -0.4 is 5.32 Å². The van der Waals surface area contributed by atoms with E-state index in [9.17, 15) is 9.59 Å². The number of nitrogens with zero attached hydrogens (tertiary/aromatic N) is 2. The van der Waals surface area contributed by atoms with Gasteiger partial charge in [-0.2, -0.15) is 0 Å². The van der Waals surface area contributed by atoms with Crippen LogP contribution in [0.4, 0.5) is 0 Å². The van der Waals surface area contributed by atoms with Gasteiger partial charge in [-0.1, -0.05) is 6.42 Å². The number of rotatable bonds is 5. The van der Waals surface area contributed by atoms with E-state index in [-0.39, 0.29) is 17.7 Å². The maximum Gasteiger partial charge on any atom is 0.225 e. The van der Waals surface area contributed by atoms with Gasteiger partial charge in [0, 0.05) is 38.1 Å². The van der Waals surface area contributed by atoms with Gasteiger partial charge in [-0.05, 0) is 39.2 Å². The summed E-state index contributed by atoms with van der Waals surface area (Å²) in [5, 5.41) is 3.03. The zero-order valence-electron chi connectivity index (χ0n) is 13.0. The fourth-order valence-electron chi connectivity index (χ4n) is 3.60. The van der Waals surface area contributed by atoms with Crippen molar-refractivity contribution in [2.24, 2.45) is 5.92 Å². The van der Waals surface area contributed by atoms with Crippen molar-refractivity contribution < 1.29 is 9.59 Å². The number of nitrogens with one attached hydrogen (secondary N) is 1. The summed E-state index contributed by atoms with van der Waals surface area (Å²) in [7, 11) is 0. The van der Waals surface area contributed by atoms with Crippen molar-refractivity contribution in [3.05, 3.63) is 0 Å². The summed E-state index contributed by atoms with van der Waals surface area (Å²) in [4.78, 5) is 28.4. The molecule has 118 valence electrons. The molecule has 0 spiro atoms. The van der Waals surface area contributed by atoms with Gasteiger partial charge in [0.1, 0.15) is 0 Å². The van der Waals surface area contributed by atoms with E-state index < -0.39 is 0 Å². The second kappa shape index (κ2) is 6.34. The molecular formula is C16H27N3O2. The molecule has 0 unspecified atom stereocenters. The predicted octanol–water partition coefficient (Wildman–Crippen LogP) is 0.988. The molecule has 2 atom stereocenters. The maximum absolute atomic E-state index is 12.2. The van der Waals surface area contributed by atoms with Crippen LogP contribution in [-0.2, 0) is 9.59 Å². The van der Waals surface area contributed by atoms with Crippen LogP contribution in [0.3, 0.4) is 0 Å². The summed E-state index contributed by atoms with van der Waals surface area (Å²) >= 11 is 0. The largest absolute Gasteiger partial charge is 0.355 e. The minimum Gasteiger partial charge on any atom is -0.355 e. The lowest BCUT2D eigenvalue weighted by atomic mass is 10.0. The summed E-state index contributed by atoms with van der Waals surface area (Å²) < 4.78 is 0. The third kappa shape index (κ3) is 3.57. The van der Waals surface area contributed by atoms with E-state index in [1.165, 1.54) is 19.3 Å². The van der Waals surface area contributed by atoms with Gasteiger partial charge in [-0.3, -0.25) is 14.5 Å². The highest BCUT2D eigenvalue weighted by atomic mass is 16.2. The smallest absolute Gasteiger partial charge is 0.225 e. The number of hydrogen-bond donors (Lipinski definition) is 1. The van der Waals surface area contributed by atoms with Crippen molar-refractivity contribution in [1.29, 1.82) is 0 Å². The van der Waals surface area contributed by atoms with Gasteiger partial charge in [0.25, 0.3) is 0 Å². The van der Waals surface area contributed by atoms with E-state index in [1.54, 1.807) is 0 Å². The molecule has 5 heteroatoms. The van der Waals surface area contributed by atoms with Crippen molar-refractivity contribution in [1.82, 2.24) is 15.1 Å². The number of piperidine rings is 1. The summed E-state index contributed by atoms with van der Waals surface area (Å²) in [6, 6.07) is 1.07. The van der Waals surface area contributed by atoms with Crippen LogP contribution in [0.2, 0.25) is 0 Å². The minimum atomic E-state index is -0.128. The normalized spacial score (nSPS) is 30.7. The van der Waals surface area contributed by atoms with Crippen LogP contribution in [-0.4, -0.2) is 59.9 Å². The first-order chi connectivity index (χ1) is 10.1. The predicted molar refractivity (Wildman–Crippen MR) is 80.7 cm³/mol. The molecule has 0 radical (unpaired) electrons. The number of likely N-dealkylation sites (tertiary alicyclic amines) is 2. The molecule has 5 nitrogen and oxygen atoms in total. The van der Waals surface area contributed by atoms with E-state index in [1.807, 2.05) is 4.90 Å². The third-order valence-corrected chi connectivity index (χ3v) is 5.16. The van der Waals surface area contributed by atoms with E-state index in [2.05, 4.69) is 17.1 Å². The molecule has 2 aliphatic heterocycles. The fraction of sp³-hybridized carbons (Fsp3) is 0.875. The average Bonchev–Trinajstić information content (AvgIpc) is 3.23. The summed E-state index contributed by atoms with van der Waals surface area (Å²) in [5.74, 6) is 0.107. The number of carbonyl (C=O) groups excluding carboxylic acids is 2. The van der Waals surface area contributed by atoms with Crippen LogP contribution >= 0.6 is 0 Å². The Morgan fingerprint density at radius 1 is 1.29 bits per heavy atom. The maximum atomic E-state index is 12.2. The minimum absolute atomic E-state index is 0.0659. The number of hydrogen-bond acceptors (Lipinski definition) is 3. The lowest BCUT2D eigenvalue weighted by molar-refractivity contribution is -0.129. The standard InChI is InChI=1S/C16H27N3O2/c1-12-4-2-3-8-18(12)9-7-17-16(21)13-10-15(20)19(11-13)14-5-6-14/h12-14H,2-11H2,1H3,(H,17,21)/t12-,13-/m0/s1. The molecule has 1 aliphatic carbocycles. The molecular weight excluding hydrogens is 266 g/mol. The van der Waals surface area contributed by atoms with Gasteiger partial charge in [0.15, 0.2) is 0 Å². The molecule has 0 aromatic heterocycles. The fourth-order valence-corrected chi connectivity index (χ4v) is 3.60. The van der Waals surface area contributed by atoms with Crippen molar-refractivity contribution in [3.63, 3.8) is 0 Å². The molecule has 1 N–H and O–H groups in total. The lowest BCUT2D eigenvalue weighted by Gasteiger charge is -2.33. The Bertz CT molecular complexity index is 408. The molecule has 0 bridgehead atoms. The molecule has 21 heavy (non-hydrogen) atoms. The van der Waals surface area contributed by atoms with Crippen LogP contribution in [0.15, 0.2) is 0 Å². The van der Waals surface area contributed by atoms with Crippen molar-refractivity contribution in [3.8, 4) is 0 Å². The van der Waals surface area contributed by atoms with Gasteiger partial charge >= 0.3 is 0 Å². The monoisotopic (exact) mass is 293 g/mol. The molecule has 0 aromatic rings. The van der Waals surface area contributed by atoms with Gasteiger partial charge in [-0.15, -0.1) is 0 Å². The number of amides is 2.